The molecule has 1 heterocycles. The first-order valence-corrected chi connectivity index (χ1v) is 5.71. The number of benzene rings is 1. The van der Waals surface area contributed by atoms with Gasteiger partial charge in [0, 0.05) is 13.6 Å². The fourth-order valence-electron chi connectivity index (χ4n) is 1.70. The van der Waals surface area contributed by atoms with Gasteiger partial charge in [0.2, 0.25) is 11.9 Å². The van der Waals surface area contributed by atoms with Crippen molar-refractivity contribution in [2.24, 2.45) is 0 Å². The molecular weight excluding hydrogens is 214 g/mol. The zero-order chi connectivity index (χ0) is 12.1. The van der Waals surface area contributed by atoms with Crippen molar-refractivity contribution in [1.82, 2.24) is 14.8 Å². The molecule has 2 aromatic rings. The van der Waals surface area contributed by atoms with Gasteiger partial charge in [0.1, 0.15) is 0 Å². The molecule has 2 rings (SSSR count). The van der Waals surface area contributed by atoms with E-state index in [2.05, 4.69) is 39.7 Å². The molecule has 0 aliphatic heterocycles. The molecule has 0 aliphatic rings. The first-order valence-electron chi connectivity index (χ1n) is 5.71. The fraction of sp³-hybridized carbons (Fsp3) is 0.333. The van der Waals surface area contributed by atoms with E-state index in [1.807, 2.05) is 6.07 Å². The molecule has 0 saturated carbocycles. The van der Waals surface area contributed by atoms with Crippen LogP contribution in [0.15, 0.2) is 30.3 Å². The Balaban J connectivity index is 1.88. The SMILES string of the molecule is CNc1nc(N)n(CCCc2ccccc2)n1. The molecule has 0 saturated heterocycles. The summed E-state index contributed by atoms with van der Waals surface area (Å²) in [6.45, 7) is 0.787. The summed E-state index contributed by atoms with van der Waals surface area (Å²) in [5.41, 5.74) is 7.08. The summed E-state index contributed by atoms with van der Waals surface area (Å²) in [7, 11) is 1.78. The van der Waals surface area contributed by atoms with Gasteiger partial charge in [-0.25, -0.2) is 4.68 Å². The van der Waals surface area contributed by atoms with E-state index in [-0.39, 0.29) is 0 Å². The van der Waals surface area contributed by atoms with E-state index in [0.29, 0.717) is 11.9 Å². The highest BCUT2D eigenvalue weighted by molar-refractivity contribution is 5.30. The van der Waals surface area contributed by atoms with Gasteiger partial charge in [0.05, 0.1) is 0 Å². The van der Waals surface area contributed by atoms with Crippen molar-refractivity contribution in [2.75, 3.05) is 18.1 Å². The third-order valence-corrected chi connectivity index (χ3v) is 2.60. The number of nitrogens with two attached hydrogens (primary N) is 1. The maximum absolute atomic E-state index is 5.75. The van der Waals surface area contributed by atoms with E-state index in [4.69, 9.17) is 5.73 Å². The summed E-state index contributed by atoms with van der Waals surface area (Å²) in [4.78, 5) is 4.07. The molecule has 0 bridgehead atoms. The van der Waals surface area contributed by atoms with Crippen molar-refractivity contribution < 1.29 is 0 Å². The van der Waals surface area contributed by atoms with Crippen molar-refractivity contribution in [2.45, 2.75) is 19.4 Å². The predicted octanol–water partition coefficient (Wildman–Crippen LogP) is 1.53. The van der Waals surface area contributed by atoms with Gasteiger partial charge >= 0.3 is 0 Å². The van der Waals surface area contributed by atoms with Gasteiger partial charge in [-0.15, -0.1) is 5.10 Å². The van der Waals surface area contributed by atoms with E-state index in [0.717, 1.165) is 19.4 Å². The molecule has 0 unspecified atom stereocenters. The fourth-order valence-corrected chi connectivity index (χ4v) is 1.70. The molecule has 5 nitrogen and oxygen atoms in total. The lowest BCUT2D eigenvalue weighted by Gasteiger charge is -2.02. The Morgan fingerprint density at radius 2 is 2.06 bits per heavy atom. The maximum atomic E-state index is 5.75. The number of rotatable bonds is 5. The number of hydrogen-bond acceptors (Lipinski definition) is 4. The highest BCUT2D eigenvalue weighted by Crippen LogP contribution is 2.07. The van der Waals surface area contributed by atoms with Crippen LogP contribution in [-0.4, -0.2) is 21.8 Å². The third kappa shape index (κ3) is 2.96. The van der Waals surface area contributed by atoms with E-state index in [9.17, 15) is 0 Å². The molecule has 0 fully saturated rings. The average Bonchev–Trinajstić information content (AvgIpc) is 2.72. The van der Waals surface area contributed by atoms with Gasteiger partial charge in [-0.2, -0.15) is 4.98 Å². The lowest BCUT2D eigenvalue weighted by molar-refractivity contribution is 0.587. The van der Waals surface area contributed by atoms with Crippen LogP contribution in [-0.2, 0) is 13.0 Å². The summed E-state index contributed by atoms with van der Waals surface area (Å²) in [5.74, 6) is 1.03. The highest BCUT2D eigenvalue weighted by atomic mass is 15.4. The minimum Gasteiger partial charge on any atom is -0.368 e. The molecule has 5 heteroatoms. The number of anilines is 2. The van der Waals surface area contributed by atoms with Crippen LogP contribution in [0.2, 0.25) is 0 Å². The second-order valence-electron chi connectivity index (χ2n) is 3.86. The zero-order valence-corrected chi connectivity index (χ0v) is 9.93. The number of nitrogens with one attached hydrogen (secondary N) is 1. The molecule has 0 spiro atoms. The van der Waals surface area contributed by atoms with Gasteiger partial charge in [-0.05, 0) is 18.4 Å². The van der Waals surface area contributed by atoms with Crippen molar-refractivity contribution >= 4 is 11.9 Å². The topological polar surface area (TPSA) is 68.8 Å². The smallest absolute Gasteiger partial charge is 0.243 e. The Morgan fingerprint density at radius 1 is 1.29 bits per heavy atom. The number of aryl methyl sites for hydroxylation is 2. The van der Waals surface area contributed by atoms with Gasteiger partial charge in [-0.1, -0.05) is 30.3 Å². The summed E-state index contributed by atoms with van der Waals surface area (Å²) >= 11 is 0. The van der Waals surface area contributed by atoms with Crippen LogP contribution in [0, 0.1) is 0 Å². The standard InChI is InChI=1S/C12H17N5/c1-14-12-15-11(13)17(16-12)9-5-8-10-6-3-2-4-7-10/h2-4,6-7H,5,8-9H2,1H3,(H3,13,14,15,16). The van der Waals surface area contributed by atoms with E-state index in [1.54, 1.807) is 11.7 Å². The molecule has 17 heavy (non-hydrogen) atoms. The van der Waals surface area contributed by atoms with Gasteiger partial charge in [0.25, 0.3) is 0 Å². The summed E-state index contributed by atoms with van der Waals surface area (Å²) in [6, 6.07) is 10.4. The normalized spacial score (nSPS) is 10.4. The Morgan fingerprint density at radius 3 is 2.71 bits per heavy atom. The Hall–Kier alpha value is -2.04. The Labute approximate surface area is 101 Å². The van der Waals surface area contributed by atoms with Crippen LogP contribution in [0.1, 0.15) is 12.0 Å². The minimum absolute atomic E-state index is 0.461. The first-order chi connectivity index (χ1) is 8.29. The van der Waals surface area contributed by atoms with Gasteiger partial charge in [-0.3, -0.25) is 0 Å². The quantitative estimate of drug-likeness (QED) is 0.819. The lowest BCUT2D eigenvalue weighted by atomic mass is 10.1. The van der Waals surface area contributed by atoms with Crippen LogP contribution in [0.5, 0.6) is 0 Å². The van der Waals surface area contributed by atoms with Crippen LogP contribution in [0.25, 0.3) is 0 Å². The molecule has 1 aromatic heterocycles. The lowest BCUT2D eigenvalue weighted by Crippen LogP contribution is -2.06. The van der Waals surface area contributed by atoms with Gasteiger partial charge in [0.15, 0.2) is 0 Å². The predicted molar refractivity (Wildman–Crippen MR) is 68.7 cm³/mol. The Kier molecular flexibility index (Phi) is 3.59. The second-order valence-corrected chi connectivity index (χ2v) is 3.86. The zero-order valence-electron chi connectivity index (χ0n) is 9.93. The summed E-state index contributed by atoms with van der Waals surface area (Å²) in [6.07, 6.45) is 2.02. The average molecular weight is 231 g/mol. The summed E-state index contributed by atoms with van der Waals surface area (Å²) in [5, 5.41) is 7.10. The molecule has 3 N–H and O–H groups in total. The number of hydrogen-bond donors (Lipinski definition) is 2. The van der Waals surface area contributed by atoms with Crippen molar-refractivity contribution in [3.8, 4) is 0 Å². The van der Waals surface area contributed by atoms with Crippen LogP contribution >= 0.6 is 0 Å². The van der Waals surface area contributed by atoms with Crippen LogP contribution < -0.4 is 11.1 Å². The van der Waals surface area contributed by atoms with Crippen molar-refractivity contribution in [1.29, 1.82) is 0 Å². The first kappa shape index (κ1) is 11.4. The number of nitrogen functional groups attached to an aromatic ring is 1. The Bertz CT molecular complexity index is 463. The monoisotopic (exact) mass is 231 g/mol. The second kappa shape index (κ2) is 5.34. The van der Waals surface area contributed by atoms with Gasteiger partial charge < -0.3 is 11.1 Å². The minimum atomic E-state index is 0.461. The van der Waals surface area contributed by atoms with Crippen molar-refractivity contribution in [3.63, 3.8) is 0 Å². The molecule has 0 radical (unpaired) electrons. The van der Waals surface area contributed by atoms with Crippen molar-refractivity contribution in [3.05, 3.63) is 35.9 Å². The largest absolute Gasteiger partial charge is 0.368 e. The molecule has 90 valence electrons. The molecule has 0 aliphatic carbocycles. The van der Waals surface area contributed by atoms with Crippen LogP contribution in [0.4, 0.5) is 11.9 Å². The summed E-state index contributed by atoms with van der Waals surface area (Å²) < 4.78 is 1.73. The van der Waals surface area contributed by atoms with E-state index in [1.165, 1.54) is 5.56 Å². The van der Waals surface area contributed by atoms with Crippen LogP contribution in [0.3, 0.4) is 0 Å². The highest BCUT2D eigenvalue weighted by Gasteiger charge is 2.04. The maximum Gasteiger partial charge on any atom is 0.243 e. The van der Waals surface area contributed by atoms with E-state index >= 15 is 0 Å². The number of nitrogens with zero attached hydrogens (tertiary/aromatic N) is 3. The number of aromatic nitrogens is 3. The molecule has 0 amide bonds. The van der Waals surface area contributed by atoms with E-state index < -0.39 is 0 Å². The molecule has 1 aromatic carbocycles. The molecule has 0 atom stereocenters. The molecular formula is C12H17N5. The third-order valence-electron chi connectivity index (χ3n) is 2.60.